The SMILES string of the molecule is Cc1sc2nc(SC(C(=O)NC3CC3)c3ccccc3)n(C(C)C)c(=O)c2c1C. The number of thioether (sulfide) groups is 1. The highest BCUT2D eigenvalue weighted by Crippen LogP contribution is 2.37. The quantitative estimate of drug-likeness (QED) is 0.455. The summed E-state index contributed by atoms with van der Waals surface area (Å²) in [6.45, 7) is 7.96. The fraction of sp³-hybridized carbons (Fsp3) is 0.409. The molecule has 0 saturated heterocycles. The van der Waals surface area contributed by atoms with Gasteiger partial charge in [-0.1, -0.05) is 42.1 Å². The molecule has 5 nitrogen and oxygen atoms in total. The Kier molecular flexibility index (Phi) is 5.53. The molecule has 1 amide bonds. The Morgan fingerprint density at radius 2 is 1.93 bits per heavy atom. The molecule has 1 aliphatic carbocycles. The zero-order valence-electron chi connectivity index (χ0n) is 17.1. The normalized spacial score (nSPS) is 15.1. The lowest BCUT2D eigenvalue weighted by Crippen LogP contribution is -2.31. The largest absolute Gasteiger partial charge is 0.352 e. The molecule has 0 radical (unpaired) electrons. The number of rotatable bonds is 6. The minimum absolute atomic E-state index is 0.0214. The number of aryl methyl sites for hydroxylation is 2. The number of carbonyl (C=O) groups is 1. The van der Waals surface area contributed by atoms with Crippen LogP contribution in [0.15, 0.2) is 40.3 Å². The molecule has 0 aliphatic heterocycles. The Labute approximate surface area is 178 Å². The van der Waals surface area contributed by atoms with Crippen LogP contribution < -0.4 is 10.9 Å². The number of nitrogens with zero attached hydrogens (tertiary/aromatic N) is 2. The van der Waals surface area contributed by atoms with Crippen molar-refractivity contribution in [3.63, 3.8) is 0 Å². The molecule has 2 aromatic heterocycles. The van der Waals surface area contributed by atoms with Gasteiger partial charge < -0.3 is 5.32 Å². The predicted molar refractivity (Wildman–Crippen MR) is 120 cm³/mol. The summed E-state index contributed by atoms with van der Waals surface area (Å²) in [5, 5.41) is 3.96. The van der Waals surface area contributed by atoms with E-state index in [1.807, 2.05) is 58.0 Å². The average Bonchev–Trinajstić information content (AvgIpc) is 3.44. The summed E-state index contributed by atoms with van der Waals surface area (Å²) >= 11 is 2.91. The minimum Gasteiger partial charge on any atom is -0.352 e. The number of nitrogens with one attached hydrogen (secondary N) is 1. The van der Waals surface area contributed by atoms with Gasteiger partial charge in [-0.3, -0.25) is 14.2 Å². The van der Waals surface area contributed by atoms with E-state index in [1.54, 1.807) is 15.9 Å². The second-order valence-corrected chi connectivity index (χ2v) is 10.1. The van der Waals surface area contributed by atoms with Gasteiger partial charge in [-0.15, -0.1) is 11.3 Å². The van der Waals surface area contributed by atoms with Crippen molar-refractivity contribution in [2.75, 3.05) is 0 Å². The van der Waals surface area contributed by atoms with Gasteiger partial charge in [0, 0.05) is 17.0 Å². The molecule has 0 bridgehead atoms. The summed E-state index contributed by atoms with van der Waals surface area (Å²) in [4.78, 5) is 33.1. The van der Waals surface area contributed by atoms with Gasteiger partial charge in [-0.05, 0) is 51.7 Å². The number of benzene rings is 1. The zero-order chi connectivity index (χ0) is 20.7. The second kappa shape index (κ2) is 7.95. The number of fused-ring (bicyclic) bond motifs is 1. The van der Waals surface area contributed by atoms with E-state index in [0.29, 0.717) is 10.5 Å². The van der Waals surface area contributed by atoms with E-state index in [2.05, 4.69) is 5.32 Å². The molecule has 152 valence electrons. The maximum atomic E-state index is 13.3. The van der Waals surface area contributed by atoms with Crippen LogP contribution in [0.4, 0.5) is 0 Å². The standard InChI is InChI=1S/C22H25N3O2S2/c1-12(2)25-21(27)17-13(3)14(4)28-20(17)24-22(25)29-18(15-8-6-5-7-9-15)19(26)23-16-10-11-16/h5-9,12,16,18H,10-11H2,1-4H3,(H,23,26). The molecule has 1 aromatic carbocycles. The van der Waals surface area contributed by atoms with Crippen LogP contribution in [0.5, 0.6) is 0 Å². The first-order valence-corrected chi connectivity index (χ1v) is 11.6. The molecule has 1 fully saturated rings. The van der Waals surface area contributed by atoms with Crippen LogP contribution in [0, 0.1) is 13.8 Å². The highest BCUT2D eigenvalue weighted by molar-refractivity contribution is 8.00. The number of hydrogen-bond acceptors (Lipinski definition) is 5. The maximum absolute atomic E-state index is 13.3. The van der Waals surface area contributed by atoms with Crippen LogP contribution in [-0.2, 0) is 4.79 Å². The van der Waals surface area contributed by atoms with Gasteiger partial charge in [-0.25, -0.2) is 4.98 Å². The van der Waals surface area contributed by atoms with Crippen molar-refractivity contribution in [3.05, 3.63) is 56.7 Å². The van der Waals surface area contributed by atoms with Crippen molar-refractivity contribution in [1.82, 2.24) is 14.9 Å². The van der Waals surface area contributed by atoms with Gasteiger partial charge in [0.25, 0.3) is 5.56 Å². The molecular weight excluding hydrogens is 402 g/mol. The van der Waals surface area contributed by atoms with Crippen molar-refractivity contribution in [1.29, 1.82) is 0 Å². The van der Waals surface area contributed by atoms with E-state index < -0.39 is 5.25 Å². The zero-order valence-corrected chi connectivity index (χ0v) is 18.7. The third kappa shape index (κ3) is 3.98. The number of carbonyl (C=O) groups excluding carboxylic acids is 1. The lowest BCUT2D eigenvalue weighted by atomic mass is 10.1. The van der Waals surface area contributed by atoms with Gasteiger partial charge in [0.05, 0.1) is 5.39 Å². The van der Waals surface area contributed by atoms with Gasteiger partial charge in [0.15, 0.2) is 5.16 Å². The van der Waals surface area contributed by atoms with Crippen LogP contribution in [0.2, 0.25) is 0 Å². The molecule has 3 aromatic rings. The minimum atomic E-state index is -0.451. The summed E-state index contributed by atoms with van der Waals surface area (Å²) in [7, 11) is 0. The van der Waals surface area contributed by atoms with Crippen molar-refractivity contribution in [2.45, 2.75) is 63.0 Å². The Bertz CT molecular complexity index is 1110. The monoisotopic (exact) mass is 427 g/mol. The number of aromatic nitrogens is 2. The van der Waals surface area contributed by atoms with Crippen molar-refractivity contribution < 1.29 is 4.79 Å². The second-order valence-electron chi connectivity index (χ2n) is 7.82. The summed E-state index contributed by atoms with van der Waals surface area (Å²) < 4.78 is 1.73. The fourth-order valence-corrected chi connectivity index (χ4v) is 5.64. The fourth-order valence-electron chi connectivity index (χ4n) is 3.34. The Balaban J connectivity index is 1.81. The van der Waals surface area contributed by atoms with Gasteiger partial charge in [0.2, 0.25) is 5.91 Å². The molecule has 7 heteroatoms. The summed E-state index contributed by atoms with van der Waals surface area (Å²) in [6.07, 6.45) is 2.07. The molecule has 1 N–H and O–H groups in total. The molecule has 29 heavy (non-hydrogen) atoms. The smallest absolute Gasteiger partial charge is 0.263 e. The van der Waals surface area contributed by atoms with E-state index in [9.17, 15) is 9.59 Å². The molecule has 1 saturated carbocycles. The van der Waals surface area contributed by atoms with Crippen molar-refractivity contribution in [2.24, 2.45) is 0 Å². The molecule has 4 rings (SSSR count). The molecule has 0 spiro atoms. The number of hydrogen-bond donors (Lipinski definition) is 1. The van der Waals surface area contributed by atoms with Gasteiger partial charge in [-0.2, -0.15) is 0 Å². The van der Waals surface area contributed by atoms with Crippen LogP contribution in [-0.4, -0.2) is 21.5 Å². The van der Waals surface area contributed by atoms with E-state index in [4.69, 9.17) is 4.98 Å². The third-order valence-electron chi connectivity index (χ3n) is 5.21. The van der Waals surface area contributed by atoms with E-state index >= 15 is 0 Å². The first-order valence-electron chi connectivity index (χ1n) is 9.91. The highest BCUT2D eigenvalue weighted by Gasteiger charge is 2.31. The lowest BCUT2D eigenvalue weighted by Gasteiger charge is -2.20. The molecule has 1 aliphatic rings. The molecule has 1 atom stereocenters. The summed E-state index contributed by atoms with van der Waals surface area (Å²) in [5.41, 5.74) is 1.89. The molecular formula is C22H25N3O2S2. The van der Waals surface area contributed by atoms with Gasteiger partial charge in [0.1, 0.15) is 10.1 Å². The van der Waals surface area contributed by atoms with Crippen LogP contribution in [0.1, 0.15) is 54.0 Å². The summed E-state index contributed by atoms with van der Waals surface area (Å²) in [6, 6.07) is 9.95. The Morgan fingerprint density at radius 3 is 2.55 bits per heavy atom. The van der Waals surface area contributed by atoms with Gasteiger partial charge >= 0.3 is 0 Å². The number of amides is 1. The lowest BCUT2D eigenvalue weighted by molar-refractivity contribution is -0.120. The van der Waals surface area contributed by atoms with Crippen LogP contribution in [0.25, 0.3) is 10.2 Å². The first kappa shape index (κ1) is 20.2. The van der Waals surface area contributed by atoms with E-state index in [0.717, 1.165) is 33.7 Å². The van der Waals surface area contributed by atoms with E-state index in [1.165, 1.54) is 11.8 Å². The average molecular weight is 428 g/mol. The maximum Gasteiger partial charge on any atom is 0.263 e. The Morgan fingerprint density at radius 1 is 1.24 bits per heavy atom. The summed E-state index contributed by atoms with van der Waals surface area (Å²) in [5.74, 6) is -0.0214. The third-order valence-corrected chi connectivity index (χ3v) is 7.53. The number of thiophene rings is 1. The highest BCUT2D eigenvalue weighted by atomic mass is 32.2. The van der Waals surface area contributed by atoms with Crippen molar-refractivity contribution in [3.8, 4) is 0 Å². The topological polar surface area (TPSA) is 64.0 Å². The van der Waals surface area contributed by atoms with E-state index in [-0.39, 0.29) is 23.6 Å². The van der Waals surface area contributed by atoms with Crippen LogP contribution in [0.3, 0.4) is 0 Å². The van der Waals surface area contributed by atoms with Crippen molar-refractivity contribution >= 4 is 39.2 Å². The predicted octanol–water partition coefficient (Wildman–Crippen LogP) is 4.77. The molecule has 2 heterocycles. The van der Waals surface area contributed by atoms with Crippen LogP contribution >= 0.6 is 23.1 Å². The Hall–Kier alpha value is -2.12. The first-order chi connectivity index (χ1) is 13.9. The molecule has 1 unspecified atom stereocenters.